The highest BCUT2D eigenvalue weighted by Crippen LogP contribution is 2.23. The largest absolute Gasteiger partial charge is 0.338 e. The molecule has 8 heteroatoms. The summed E-state index contributed by atoms with van der Waals surface area (Å²) in [7, 11) is 0. The van der Waals surface area contributed by atoms with Crippen LogP contribution in [0.25, 0.3) is 22.3 Å². The first-order chi connectivity index (χ1) is 13.7. The molecule has 6 nitrogen and oxygen atoms in total. The number of rotatable bonds is 6. The molecule has 0 N–H and O–H groups in total. The zero-order chi connectivity index (χ0) is 19.5. The number of hydrogen-bond donors (Lipinski definition) is 0. The molecule has 0 aliphatic carbocycles. The predicted molar refractivity (Wildman–Crippen MR) is 106 cm³/mol. The number of nitrogens with zero attached hydrogens (tertiary/aromatic N) is 4. The van der Waals surface area contributed by atoms with Crippen LogP contribution in [0.2, 0.25) is 0 Å². The molecule has 4 rings (SSSR count). The molecule has 142 valence electrons. The molecule has 0 amide bonds. The SMILES string of the molecule is CCCn1c(SCc2nc(-c3ccccc3)no2)nc2ccc(F)cc2c1=O. The third-order valence-corrected chi connectivity index (χ3v) is 5.11. The Labute approximate surface area is 164 Å². The van der Waals surface area contributed by atoms with Gasteiger partial charge in [-0.25, -0.2) is 9.37 Å². The van der Waals surface area contributed by atoms with Crippen molar-refractivity contribution in [3.63, 3.8) is 0 Å². The Hall–Kier alpha value is -3.00. The van der Waals surface area contributed by atoms with Crippen molar-refractivity contribution in [2.45, 2.75) is 30.8 Å². The van der Waals surface area contributed by atoms with Crippen molar-refractivity contribution in [1.29, 1.82) is 0 Å². The number of halogens is 1. The first kappa shape index (κ1) is 18.4. The van der Waals surface area contributed by atoms with Crippen LogP contribution in [0.1, 0.15) is 19.2 Å². The molecule has 0 aliphatic rings. The van der Waals surface area contributed by atoms with Crippen LogP contribution < -0.4 is 5.56 Å². The fourth-order valence-corrected chi connectivity index (χ4v) is 3.71. The molecule has 0 saturated carbocycles. The van der Waals surface area contributed by atoms with Crippen LogP contribution in [0.15, 0.2) is 63.0 Å². The van der Waals surface area contributed by atoms with E-state index in [4.69, 9.17) is 4.52 Å². The van der Waals surface area contributed by atoms with Gasteiger partial charge >= 0.3 is 0 Å². The highest BCUT2D eigenvalue weighted by molar-refractivity contribution is 7.98. The quantitative estimate of drug-likeness (QED) is 0.358. The van der Waals surface area contributed by atoms with E-state index in [1.165, 1.54) is 30.0 Å². The summed E-state index contributed by atoms with van der Waals surface area (Å²) in [6.07, 6.45) is 0.759. The normalized spacial score (nSPS) is 11.2. The van der Waals surface area contributed by atoms with E-state index >= 15 is 0 Å². The highest BCUT2D eigenvalue weighted by atomic mass is 32.2. The van der Waals surface area contributed by atoms with E-state index in [9.17, 15) is 9.18 Å². The zero-order valence-corrected chi connectivity index (χ0v) is 15.9. The molecule has 28 heavy (non-hydrogen) atoms. The first-order valence-electron chi connectivity index (χ1n) is 8.86. The van der Waals surface area contributed by atoms with E-state index in [1.807, 2.05) is 37.3 Å². The maximum atomic E-state index is 13.5. The minimum atomic E-state index is -0.450. The molecule has 0 unspecified atom stereocenters. The van der Waals surface area contributed by atoms with Crippen molar-refractivity contribution >= 4 is 22.7 Å². The van der Waals surface area contributed by atoms with Crippen LogP contribution in [0.4, 0.5) is 4.39 Å². The van der Waals surface area contributed by atoms with E-state index in [1.54, 1.807) is 4.57 Å². The Morgan fingerprint density at radius 2 is 1.96 bits per heavy atom. The monoisotopic (exact) mass is 396 g/mol. The van der Waals surface area contributed by atoms with Crippen molar-refractivity contribution in [1.82, 2.24) is 19.7 Å². The van der Waals surface area contributed by atoms with Gasteiger partial charge in [-0.3, -0.25) is 9.36 Å². The lowest BCUT2D eigenvalue weighted by molar-refractivity contribution is 0.391. The second kappa shape index (κ2) is 7.93. The summed E-state index contributed by atoms with van der Waals surface area (Å²) in [6.45, 7) is 2.47. The van der Waals surface area contributed by atoms with E-state index in [-0.39, 0.29) is 10.9 Å². The number of hydrogen-bond acceptors (Lipinski definition) is 6. The van der Waals surface area contributed by atoms with Crippen molar-refractivity contribution in [3.8, 4) is 11.4 Å². The molecule has 0 bridgehead atoms. The molecule has 4 aromatic rings. The fraction of sp³-hybridized carbons (Fsp3) is 0.200. The van der Waals surface area contributed by atoms with Crippen LogP contribution >= 0.6 is 11.8 Å². The van der Waals surface area contributed by atoms with Crippen molar-refractivity contribution in [3.05, 3.63) is 70.6 Å². The maximum absolute atomic E-state index is 13.5. The molecule has 0 saturated heterocycles. The Balaban J connectivity index is 1.63. The predicted octanol–water partition coefficient (Wildman–Crippen LogP) is 4.29. The summed E-state index contributed by atoms with van der Waals surface area (Å²) in [4.78, 5) is 21.7. The molecular formula is C20H17FN4O2S. The van der Waals surface area contributed by atoms with Gasteiger partial charge in [0, 0.05) is 12.1 Å². The van der Waals surface area contributed by atoms with Crippen molar-refractivity contribution in [2.24, 2.45) is 0 Å². The molecular weight excluding hydrogens is 379 g/mol. The minimum Gasteiger partial charge on any atom is -0.338 e. The van der Waals surface area contributed by atoms with Crippen LogP contribution in [0, 0.1) is 5.82 Å². The summed E-state index contributed by atoms with van der Waals surface area (Å²) in [5.74, 6) is 0.890. The topological polar surface area (TPSA) is 73.8 Å². The average molecular weight is 396 g/mol. The van der Waals surface area contributed by atoms with Crippen LogP contribution in [-0.4, -0.2) is 19.7 Å². The average Bonchev–Trinajstić information content (AvgIpc) is 3.19. The Morgan fingerprint density at radius 3 is 2.75 bits per heavy atom. The highest BCUT2D eigenvalue weighted by Gasteiger charge is 2.14. The van der Waals surface area contributed by atoms with Gasteiger partial charge in [-0.2, -0.15) is 4.98 Å². The van der Waals surface area contributed by atoms with Gasteiger partial charge in [0.05, 0.1) is 16.7 Å². The molecule has 0 spiro atoms. The summed E-state index contributed by atoms with van der Waals surface area (Å²) in [5, 5.41) is 4.83. The van der Waals surface area contributed by atoms with Gasteiger partial charge in [-0.1, -0.05) is 54.2 Å². The summed E-state index contributed by atoms with van der Waals surface area (Å²) >= 11 is 1.34. The minimum absolute atomic E-state index is 0.246. The molecule has 0 fully saturated rings. The van der Waals surface area contributed by atoms with Crippen molar-refractivity contribution in [2.75, 3.05) is 0 Å². The number of fused-ring (bicyclic) bond motifs is 1. The summed E-state index contributed by atoms with van der Waals surface area (Å²) in [5.41, 5.74) is 1.09. The summed E-state index contributed by atoms with van der Waals surface area (Å²) in [6, 6.07) is 13.6. The molecule has 2 heterocycles. The number of aromatic nitrogens is 4. The second-order valence-electron chi connectivity index (χ2n) is 6.18. The van der Waals surface area contributed by atoms with E-state index < -0.39 is 5.82 Å². The van der Waals surface area contributed by atoms with Crippen LogP contribution in [0.5, 0.6) is 0 Å². The lowest BCUT2D eigenvalue weighted by atomic mass is 10.2. The number of thioether (sulfide) groups is 1. The fourth-order valence-electron chi connectivity index (χ4n) is 2.85. The zero-order valence-electron chi connectivity index (χ0n) is 15.1. The second-order valence-corrected chi connectivity index (χ2v) is 7.12. The summed E-state index contributed by atoms with van der Waals surface area (Å²) < 4.78 is 20.4. The van der Waals surface area contributed by atoms with Gasteiger partial charge in [0.15, 0.2) is 5.16 Å². The van der Waals surface area contributed by atoms with Gasteiger partial charge in [-0.05, 0) is 24.6 Å². The van der Waals surface area contributed by atoms with E-state index in [0.29, 0.717) is 34.7 Å². The molecule has 0 atom stereocenters. The van der Waals surface area contributed by atoms with E-state index in [0.717, 1.165) is 12.0 Å². The Bertz CT molecular complexity index is 1170. The smallest absolute Gasteiger partial charge is 0.262 e. The van der Waals surface area contributed by atoms with Crippen LogP contribution in [0.3, 0.4) is 0 Å². The molecule has 0 aliphatic heterocycles. The van der Waals surface area contributed by atoms with Gasteiger partial charge in [-0.15, -0.1) is 0 Å². The van der Waals surface area contributed by atoms with Gasteiger partial charge in [0.25, 0.3) is 5.56 Å². The van der Waals surface area contributed by atoms with Crippen molar-refractivity contribution < 1.29 is 8.91 Å². The standard InChI is InChI=1S/C20H17FN4O2S/c1-2-10-25-19(26)15-11-14(21)8-9-16(15)22-20(25)28-12-17-23-18(24-27-17)13-6-4-3-5-7-13/h3-9,11H,2,10,12H2,1H3. The van der Waals surface area contributed by atoms with Gasteiger partial charge in [0.1, 0.15) is 5.82 Å². The van der Waals surface area contributed by atoms with Gasteiger partial charge < -0.3 is 4.52 Å². The third-order valence-electron chi connectivity index (χ3n) is 4.15. The number of benzene rings is 2. The molecule has 0 radical (unpaired) electrons. The molecule has 2 aromatic carbocycles. The van der Waals surface area contributed by atoms with E-state index in [2.05, 4.69) is 15.1 Å². The Kier molecular flexibility index (Phi) is 5.21. The third kappa shape index (κ3) is 3.68. The maximum Gasteiger partial charge on any atom is 0.262 e. The lowest BCUT2D eigenvalue weighted by Crippen LogP contribution is -2.23. The van der Waals surface area contributed by atoms with Crippen LogP contribution in [-0.2, 0) is 12.3 Å². The first-order valence-corrected chi connectivity index (χ1v) is 9.85. The van der Waals surface area contributed by atoms with Gasteiger partial charge in [0.2, 0.25) is 11.7 Å². The lowest BCUT2D eigenvalue weighted by Gasteiger charge is -2.11. The molecule has 2 aromatic heterocycles. The Morgan fingerprint density at radius 1 is 1.14 bits per heavy atom.